The third-order valence-electron chi connectivity index (χ3n) is 4.48. The summed E-state index contributed by atoms with van der Waals surface area (Å²) in [5.41, 5.74) is -0.812. The number of rotatable bonds is 4. The third-order valence-corrected chi connectivity index (χ3v) is 4.48. The van der Waals surface area contributed by atoms with E-state index < -0.39 is 5.41 Å². The molecular formula is C16H26O4. The Morgan fingerprint density at radius 2 is 1.45 bits per heavy atom. The highest BCUT2D eigenvalue weighted by Crippen LogP contribution is 2.33. The van der Waals surface area contributed by atoms with E-state index in [1.165, 1.54) is 6.42 Å². The maximum atomic E-state index is 10.6. The zero-order valence-corrected chi connectivity index (χ0v) is 12.1. The molecule has 0 amide bonds. The Hall–Kier alpha value is -1.00. The van der Waals surface area contributed by atoms with E-state index >= 15 is 0 Å². The fourth-order valence-electron chi connectivity index (χ4n) is 2.77. The molecule has 2 N–H and O–H groups in total. The Balaban J connectivity index is 0.000000200. The van der Waals surface area contributed by atoms with Crippen LogP contribution >= 0.6 is 0 Å². The van der Waals surface area contributed by atoms with E-state index in [9.17, 15) is 9.59 Å². The molecule has 0 aromatic heterocycles. The minimum Gasteiger partial charge on any atom is -0.395 e. The van der Waals surface area contributed by atoms with Gasteiger partial charge in [0.1, 0.15) is 12.6 Å². The molecule has 114 valence electrons. The van der Waals surface area contributed by atoms with E-state index in [4.69, 9.17) is 10.2 Å². The van der Waals surface area contributed by atoms with E-state index in [1.54, 1.807) is 0 Å². The van der Waals surface area contributed by atoms with Gasteiger partial charge in [0.2, 0.25) is 0 Å². The number of carbonyl (C=O) groups is 2. The first-order valence-corrected chi connectivity index (χ1v) is 7.45. The van der Waals surface area contributed by atoms with Crippen LogP contribution in [0.25, 0.3) is 0 Å². The van der Waals surface area contributed by atoms with Crippen molar-refractivity contribution in [2.75, 3.05) is 13.2 Å². The van der Waals surface area contributed by atoms with Gasteiger partial charge in [-0.3, -0.25) is 0 Å². The summed E-state index contributed by atoms with van der Waals surface area (Å²) < 4.78 is 0. The molecule has 0 radical (unpaired) electrons. The fraction of sp³-hybridized carbons (Fsp3) is 0.750. The van der Waals surface area contributed by atoms with Crippen LogP contribution in [0.15, 0.2) is 12.2 Å². The molecule has 1 saturated carbocycles. The normalized spacial score (nSPS) is 28.1. The number of allylic oxidation sites excluding steroid dienone is 2. The van der Waals surface area contributed by atoms with Gasteiger partial charge in [0.15, 0.2) is 0 Å². The summed E-state index contributed by atoms with van der Waals surface area (Å²) in [6.45, 7) is 0.0251. The Labute approximate surface area is 120 Å². The molecule has 0 aliphatic heterocycles. The smallest absolute Gasteiger partial charge is 0.128 e. The van der Waals surface area contributed by atoms with Crippen LogP contribution in [0.5, 0.6) is 0 Å². The quantitative estimate of drug-likeness (QED) is 0.611. The molecule has 4 nitrogen and oxygen atoms in total. The number of hydrogen-bond donors (Lipinski definition) is 2. The molecule has 1 fully saturated rings. The monoisotopic (exact) mass is 282 g/mol. The van der Waals surface area contributed by atoms with Gasteiger partial charge in [-0.2, -0.15) is 0 Å². The molecule has 20 heavy (non-hydrogen) atoms. The molecule has 0 aromatic rings. The highest BCUT2D eigenvalue weighted by Gasteiger charge is 2.30. The number of aliphatic hydroxyl groups excluding tert-OH is 2. The van der Waals surface area contributed by atoms with Crippen molar-refractivity contribution in [3.8, 4) is 0 Å². The standard InChI is InChI=1S/C8H14O2.C8H12O2/c2*9-6-8(7-10)4-2-1-3-5-8/h6,10H,1-5,7H2;1-2,6,10H,3-5,7H2. The van der Waals surface area contributed by atoms with Crippen LogP contribution in [0.1, 0.15) is 51.4 Å². The molecule has 2 aliphatic rings. The minimum atomic E-state index is -0.450. The summed E-state index contributed by atoms with van der Waals surface area (Å²) in [7, 11) is 0. The maximum Gasteiger partial charge on any atom is 0.128 e. The van der Waals surface area contributed by atoms with Crippen LogP contribution in [-0.2, 0) is 9.59 Å². The van der Waals surface area contributed by atoms with E-state index in [1.807, 2.05) is 6.08 Å². The summed E-state index contributed by atoms with van der Waals surface area (Å²) in [5, 5.41) is 17.8. The molecule has 1 atom stereocenters. The molecule has 2 rings (SSSR count). The highest BCUT2D eigenvalue weighted by molar-refractivity contribution is 5.60. The molecule has 0 spiro atoms. The van der Waals surface area contributed by atoms with Gasteiger partial charge in [-0.25, -0.2) is 0 Å². The number of aliphatic hydroxyl groups is 2. The SMILES string of the molecule is O=CC1(CO)CC=CCC1.O=CC1(CO)CCCCC1. The molecule has 2 aliphatic carbocycles. The lowest BCUT2D eigenvalue weighted by atomic mass is 9.76. The maximum absolute atomic E-state index is 10.6. The van der Waals surface area contributed by atoms with Crippen LogP contribution in [0.4, 0.5) is 0 Å². The molecule has 0 heterocycles. The lowest BCUT2D eigenvalue weighted by Gasteiger charge is -2.29. The van der Waals surface area contributed by atoms with Crippen molar-refractivity contribution < 1.29 is 19.8 Å². The van der Waals surface area contributed by atoms with Crippen LogP contribution in [-0.4, -0.2) is 36.0 Å². The van der Waals surface area contributed by atoms with E-state index in [0.29, 0.717) is 6.42 Å². The zero-order valence-electron chi connectivity index (χ0n) is 12.1. The third kappa shape index (κ3) is 4.53. The van der Waals surface area contributed by atoms with Gasteiger partial charge in [0, 0.05) is 5.41 Å². The van der Waals surface area contributed by atoms with Crippen LogP contribution in [0, 0.1) is 10.8 Å². The van der Waals surface area contributed by atoms with Crippen molar-refractivity contribution in [1.29, 1.82) is 0 Å². The summed E-state index contributed by atoms with van der Waals surface area (Å²) in [6.07, 6.45) is 13.4. The second kappa shape index (κ2) is 8.32. The second-order valence-electron chi connectivity index (χ2n) is 6.05. The Bertz CT molecular complexity index is 331. The molecule has 0 bridgehead atoms. The average molecular weight is 282 g/mol. The first kappa shape index (κ1) is 17.1. The van der Waals surface area contributed by atoms with Crippen molar-refractivity contribution in [2.45, 2.75) is 51.4 Å². The van der Waals surface area contributed by atoms with E-state index in [-0.39, 0.29) is 18.6 Å². The largest absolute Gasteiger partial charge is 0.395 e. The number of hydrogen-bond acceptors (Lipinski definition) is 4. The van der Waals surface area contributed by atoms with Gasteiger partial charge < -0.3 is 19.8 Å². The minimum absolute atomic E-state index is 0.0131. The Morgan fingerprint density at radius 3 is 1.75 bits per heavy atom. The zero-order chi connectivity index (χ0) is 14.9. The van der Waals surface area contributed by atoms with E-state index in [2.05, 4.69) is 6.08 Å². The predicted molar refractivity (Wildman–Crippen MR) is 77.2 cm³/mol. The fourth-order valence-corrected chi connectivity index (χ4v) is 2.77. The van der Waals surface area contributed by atoms with Gasteiger partial charge in [0.05, 0.1) is 18.6 Å². The van der Waals surface area contributed by atoms with Crippen LogP contribution in [0.2, 0.25) is 0 Å². The van der Waals surface area contributed by atoms with Crippen molar-refractivity contribution in [1.82, 2.24) is 0 Å². The van der Waals surface area contributed by atoms with Crippen molar-refractivity contribution in [3.63, 3.8) is 0 Å². The second-order valence-corrected chi connectivity index (χ2v) is 6.05. The molecule has 1 unspecified atom stereocenters. The molecule has 0 aromatic carbocycles. The average Bonchev–Trinajstić information content (AvgIpc) is 2.56. The Kier molecular flexibility index (Phi) is 7.10. The lowest BCUT2D eigenvalue weighted by Crippen LogP contribution is -2.29. The summed E-state index contributed by atoms with van der Waals surface area (Å²) in [5.74, 6) is 0. The van der Waals surface area contributed by atoms with Crippen LogP contribution < -0.4 is 0 Å². The lowest BCUT2D eigenvalue weighted by molar-refractivity contribution is -0.120. The van der Waals surface area contributed by atoms with Gasteiger partial charge in [-0.15, -0.1) is 0 Å². The summed E-state index contributed by atoms with van der Waals surface area (Å²) in [4.78, 5) is 21.1. The van der Waals surface area contributed by atoms with Crippen molar-refractivity contribution in [2.24, 2.45) is 10.8 Å². The van der Waals surface area contributed by atoms with Gasteiger partial charge in [-0.05, 0) is 32.1 Å². The van der Waals surface area contributed by atoms with Gasteiger partial charge in [-0.1, -0.05) is 31.4 Å². The highest BCUT2D eigenvalue weighted by atomic mass is 16.3. The predicted octanol–water partition coefficient (Wildman–Crippen LogP) is 2.03. The summed E-state index contributed by atoms with van der Waals surface area (Å²) in [6, 6.07) is 0. The molecule has 0 saturated heterocycles. The summed E-state index contributed by atoms with van der Waals surface area (Å²) >= 11 is 0. The first-order chi connectivity index (χ1) is 9.66. The topological polar surface area (TPSA) is 74.6 Å². The van der Waals surface area contributed by atoms with Crippen LogP contribution in [0.3, 0.4) is 0 Å². The number of carbonyl (C=O) groups excluding carboxylic acids is 2. The first-order valence-electron chi connectivity index (χ1n) is 7.45. The van der Waals surface area contributed by atoms with E-state index in [0.717, 1.165) is 51.1 Å². The van der Waals surface area contributed by atoms with Gasteiger partial charge >= 0.3 is 0 Å². The Morgan fingerprint density at radius 1 is 0.850 bits per heavy atom. The van der Waals surface area contributed by atoms with Gasteiger partial charge in [0.25, 0.3) is 0 Å². The van der Waals surface area contributed by atoms with Crippen molar-refractivity contribution >= 4 is 12.6 Å². The van der Waals surface area contributed by atoms with Crippen molar-refractivity contribution in [3.05, 3.63) is 12.2 Å². The number of aldehydes is 2. The molecular weight excluding hydrogens is 256 g/mol. The molecule has 4 heteroatoms.